The van der Waals surface area contributed by atoms with Gasteiger partial charge < -0.3 is 0 Å². The summed E-state index contributed by atoms with van der Waals surface area (Å²) >= 11 is 12.2. The third kappa shape index (κ3) is 6.17. The van der Waals surface area contributed by atoms with Gasteiger partial charge in [0.05, 0.1) is 25.9 Å². The molecule has 0 saturated carbocycles. The summed E-state index contributed by atoms with van der Waals surface area (Å²) in [4.78, 5) is 27.7. The topological polar surface area (TPSA) is 74.8 Å². The molecule has 0 spiro atoms. The summed E-state index contributed by atoms with van der Waals surface area (Å²) in [7, 11) is -3.83. The van der Waals surface area contributed by atoms with Crippen molar-refractivity contribution >= 4 is 44.9 Å². The van der Waals surface area contributed by atoms with Crippen molar-refractivity contribution in [2.45, 2.75) is 50.5 Å². The minimum absolute atomic E-state index is 0.00756. The first-order chi connectivity index (χ1) is 17.3. The Morgan fingerprint density at radius 3 is 1.97 bits per heavy atom. The van der Waals surface area contributed by atoms with E-state index in [1.54, 1.807) is 37.3 Å². The molecule has 0 radical (unpaired) electrons. The summed E-state index contributed by atoms with van der Waals surface area (Å²) in [5, 5.41) is 3.30. The zero-order chi connectivity index (χ0) is 27.5. The van der Waals surface area contributed by atoms with Gasteiger partial charge in [0, 0.05) is 17.7 Å². The summed E-state index contributed by atoms with van der Waals surface area (Å²) in [6.45, 7) is 9.70. The molecule has 196 valence electrons. The van der Waals surface area contributed by atoms with E-state index in [9.17, 15) is 18.0 Å². The lowest BCUT2D eigenvalue weighted by Gasteiger charge is -2.43. The molecular weight excluding hydrogens is 531 g/mol. The van der Waals surface area contributed by atoms with Gasteiger partial charge in [-0.25, -0.2) is 18.4 Å². The minimum atomic E-state index is -3.83. The molecule has 1 atom stereocenters. The van der Waals surface area contributed by atoms with E-state index in [2.05, 4.69) is 0 Å². The predicted octanol–water partition coefficient (Wildman–Crippen LogP) is 6.78. The van der Waals surface area contributed by atoms with Crippen LogP contribution in [0, 0.1) is 5.41 Å². The van der Waals surface area contributed by atoms with Gasteiger partial charge in [-0.2, -0.15) is 0 Å². The van der Waals surface area contributed by atoms with E-state index in [1.807, 2.05) is 27.7 Å². The molecule has 0 aliphatic heterocycles. The molecule has 0 N–H and O–H groups in total. The molecule has 37 heavy (non-hydrogen) atoms. The van der Waals surface area contributed by atoms with Crippen LogP contribution >= 0.6 is 23.2 Å². The van der Waals surface area contributed by atoms with Crippen LogP contribution in [0.2, 0.25) is 10.0 Å². The third-order valence-electron chi connectivity index (χ3n) is 6.23. The molecular formula is C28H30Cl2N2O4S. The molecule has 3 aromatic carbocycles. The van der Waals surface area contributed by atoms with Gasteiger partial charge in [0.1, 0.15) is 0 Å². The second-order valence-electron chi connectivity index (χ2n) is 9.69. The van der Waals surface area contributed by atoms with E-state index >= 15 is 0 Å². The van der Waals surface area contributed by atoms with Gasteiger partial charge >= 0.3 is 0 Å². The zero-order valence-corrected chi connectivity index (χ0v) is 23.7. The molecule has 6 nitrogen and oxygen atoms in total. The van der Waals surface area contributed by atoms with E-state index in [1.165, 1.54) is 52.5 Å². The lowest BCUT2D eigenvalue weighted by Crippen LogP contribution is -2.57. The Hall–Kier alpha value is -2.87. The fourth-order valence-corrected chi connectivity index (χ4v) is 5.32. The average molecular weight is 562 g/mol. The van der Waals surface area contributed by atoms with Crippen molar-refractivity contribution in [2.75, 3.05) is 6.54 Å². The smallest absolute Gasteiger partial charge is 0.267 e. The molecule has 1 unspecified atom stereocenters. The first-order valence-corrected chi connectivity index (χ1v) is 14.0. The maximum absolute atomic E-state index is 13.8. The number of hydrogen-bond acceptors (Lipinski definition) is 4. The molecule has 0 bridgehead atoms. The summed E-state index contributed by atoms with van der Waals surface area (Å²) in [5.74, 6) is -0.929. The first kappa shape index (κ1) is 28.7. The van der Waals surface area contributed by atoms with Gasteiger partial charge in [-0.05, 0) is 67.8 Å². The molecule has 0 aliphatic carbocycles. The Morgan fingerprint density at radius 1 is 0.811 bits per heavy atom. The number of amides is 2. The van der Waals surface area contributed by atoms with Crippen molar-refractivity contribution in [1.82, 2.24) is 10.0 Å². The van der Waals surface area contributed by atoms with Gasteiger partial charge in [0.25, 0.3) is 11.8 Å². The maximum atomic E-state index is 13.8. The van der Waals surface area contributed by atoms with Crippen LogP contribution in [0.25, 0.3) is 0 Å². The van der Waals surface area contributed by atoms with Crippen LogP contribution in [-0.4, -0.2) is 42.8 Å². The Bertz CT molecular complexity index is 1400. The number of rotatable bonds is 6. The fourth-order valence-electron chi connectivity index (χ4n) is 3.70. The van der Waals surface area contributed by atoms with E-state index in [4.69, 9.17) is 23.2 Å². The van der Waals surface area contributed by atoms with E-state index < -0.39 is 33.1 Å². The highest BCUT2D eigenvalue weighted by Crippen LogP contribution is 2.30. The average Bonchev–Trinajstić information content (AvgIpc) is 2.87. The monoisotopic (exact) mass is 560 g/mol. The van der Waals surface area contributed by atoms with E-state index in [0.29, 0.717) is 5.02 Å². The number of sulfone groups is 1. The Labute approximate surface area is 228 Å². The third-order valence-corrected chi connectivity index (χ3v) is 8.74. The first-order valence-electron chi connectivity index (χ1n) is 11.8. The standard InChI is InChI=1S/C28H30Cl2N2O4S/c1-6-31(32(19(2)28(3,4)5)27(34)21-15-16-24(29)25(30)18-21)26(33)20-11-10-14-23(17-20)37(35,36)22-12-8-7-9-13-22/h7-19H,6H2,1-5H3. The lowest BCUT2D eigenvalue weighted by atomic mass is 9.87. The number of carbonyl (C=O) groups is 2. The van der Waals surface area contributed by atoms with Gasteiger partial charge in [-0.3, -0.25) is 9.59 Å². The number of nitrogens with zero attached hydrogens (tertiary/aromatic N) is 2. The van der Waals surface area contributed by atoms with Gasteiger partial charge in [0.15, 0.2) is 0 Å². The highest BCUT2D eigenvalue weighted by atomic mass is 35.5. The maximum Gasteiger partial charge on any atom is 0.272 e. The quantitative estimate of drug-likeness (QED) is 0.311. The van der Waals surface area contributed by atoms with Crippen LogP contribution in [-0.2, 0) is 9.84 Å². The fraction of sp³-hybridized carbons (Fsp3) is 0.286. The molecule has 0 heterocycles. The van der Waals surface area contributed by atoms with E-state index in [0.717, 1.165) is 0 Å². The zero-order valence-electron chi connectivity index (χ0n) is 21.4. The predicted molar refractivity (Wildman–Crippen MR) is 147 cm³/mol. The van der Waals surface area contributed by atoms with Crippen molar-refractivity contribution in [3.8, 4) is 0 Å². The van der Waals surface area contributed by atoms with Crippen molar-refractivity contribution < 1.29 is 18.0 Å². The molecule has 0 fully saturated rings. The largest absolute Gasteiger partial charge is 0.272 e. The summed E-state index contributed by atoms with van der Waals surface area (Å²) < 4.78 is 26.3. The van der Waals surface area contributed by atoms with Crippen LogP contribution in [0.3, 0.4) is 0 Å². The number of benzene rings is 3. The summed E-state index contributed by atoms with van der Waals surface area (Å²) in [6.07, 6.45) is 0. The van der Waals surface area contributed by atoms with Crippen molar-refractivity contribution in [3.63, 3.8) is 0 Å². The lowest BCUT2D eigenvalue weighted by molar-refractivity contribution is -0.0399. The SMILES string of the molecule is CCN(C(=O)c1cccc(S(=O)(=O)c2ccccc2)c1)N(C(=O)c1ccc(Cl)c(Cl)c1)C(C)C(C)(C)C. The second-order valence-corrected chi connectivity index (χ2v) is 12.4. The Morgan fingerprint density at radius 2 is 1.41 bits per heavy atom. The Kier molecular flexibility index (Phi) is 8.73. The highest BCUT2D eigenvalue weighted by Gasteiger charge is 2.37. The number of hydrazine groups is 1. The van der Waals surface area contributed by atoms with Crippen LogP contribution in [0.4, 0.5) is 0 Å². The van der Waals surface area contributed by atoms with Crippen molar-refractivity contribution in [2.24, 2.45) is 5.41 Å². The molecule has 3 aromatic rings. The summed E-state index contributed by atoms with van der Waals surface area (Å²) in [5.41, 5.74) is 0.0296. The Balaban J connectivity index is 2.07. The second kappa shape index (κ2) is 11.3. The van der Waals surface area contributed by atoms with Crippen molar-refractivity contribution in [3.05, 3.63) is 94.0 Å². The number of halogens is 2. The van der Waals surface area contributed by atoms with Crippen LogP contribution in [0.15, 0.2) is 82.6 Å². The minimum Gasteiger partial charge on any atom is -0.267 e. The number of carbonyl (C=O) groups excluding carboxylic acids is 2. The molecule has 0 aliphatic rings. The summed E-state index contributed by atoms with van der Waals surface area (Å²) in [6, 6.07) is 18.0. The highest BCUT2D eigenvalue weighted by molar-refractivity contribution is 7.91. The molecule has 0 saturated heterocycles. The normalized spacial score (nSPS) is 12.6. The molecule has 2 amide bonds. The molecule has 0 aromatic heterocycles. The van der Waals surface area contributed by atoms with Gasteiger partial charge in [0.2, 0.25) is 9.84 Å². The van der Waals surface area contributed by atoms with Gasteiger partial charge in [-0.1, -0.05) is 68.2 Å². The van der Waals surface area contributed by atoms with Crippen LogP contribution in [0.1, 0.15) is 55.3 Å². The van der Waals surface area contributed by atoms with Crippen LogP contribution in [0.5, 0.6) is 0 Å². The molecule has 9 heteroatoms. The van der Waals surface area contributed by atoms with Crippen molar-refractivity contribution in [1.29, 1.82) is 0 Å². The van der Waals surface area contributed by atoms with E-state index in [-0.39, 0.29) is 32.5 Å². The van der Waals surface area contributed by atoms with Gasteiger partial charge in [-0.15, -0.1) is 0 Å². The van der Waals surface area contributed by atoms with Crippen LogP contribution < -0.4 is 0 Å². The molecule has 3 rings (SSSR count). The number of hydrogen-bond donors (Lipinski definition) is 0.